The number of nitro groups is 1. The molecular weight excluding hydrogens is 350 g/mol. The Morgan fingerprint density at radius 1 is 1.12 bits per heavy atom. The lowest BCUT2D eigenvalue weighted by atomic mass is 10.2. The van der Waals surface area contributed by atoms with E-state index in [2.05, 4.69) is 5.10 Å². The first-order valence-electron chi connectivity index (χ1n) is 6.88. The lowest BCUT2D eigenvalue weighted by Crippen LogP contribution is -2.18. The summed E-state index contributed by atoms with van der Waals surface area (Å²) in [6.07, 6.45) is 1.27. The number of methoxy groups -OCH3 is 2. The van der Waals surface area contributed by atoms with Gasteiger partial charge in [0.2, 0.25) is 0 Å². The molecule has 0 saturated heterocycles. The molecule has 2 aromatic carbocycles. The Morgan fingerprint density at radius 2 is 1.84 bits per heavy atom. The smallest absolute Gasteiger partial charge is 0.276 e. The van der Waals surface area contributed by atoms with Crippen LogP contribution in [0.4, 0.5) is 5.69 Å². The number of sulfonamides is 1. The Balaban J connectivity index is 2.18. The molecule has 0 aromatic heterocycles. The minimum atomic E-state index is -4.02. The average Bonchev–Trinajstić information content (AvgIpc) is 2.61. The summed E-state index contributed by atoms with van der Waals surface area (Å²) in [5.74, 6) is 0.991. The van der Waals surface area contributed by atoms with E-state index in [1.165, 1.54) is 38.6 Å². The van der Waals surface area contributed by atoms with Crippen LogP contribution in [0.5, 0.6) is 11.5 Å². The van der Waals surface area contributed by atoms with E-state index in [4.69, 9.17) is 9.47 Å². The van der Waals surface area contributed by atoms with Crippen LogP contribution in [0.3, 0.4) is 0 Å². The third-order valence-corrected chi connectivity index (χ3v) is 4.35. The molecule has 0 saturated carbocycles. The fourth-order valence-electron chi connectivity index (χ4n) is 1.92. The van der Waals surface area contributed by atoms with Crippen LogP contribution in [0.15, 0.2) is 52.5 Å². The second kappa shape index (κ2) is 7.62. The summed E-state index contributed by atoms with van der Waals surface area (Å²) in [5, 5.41) is 14.4. The van der Waals surface area contributed by atoms with E-state index in [-0.39, 0.29) is 10.6 Å². The van der Waals surface area contributed by atoms with E-state index >= 15 is 0 Å². The van der Waals surface area contributed by atoms with Crippen molar-refractivity contribution in [3.05, 3.63) is 58.1 Å². The number of nitrogens with one attached hydrogen (secondary N) is 1. The van der Waals surface area contributed by atoms with E-state index in [0.717, 1.165) is 6.07 Å². The van der Waals surface area contributed by atoms with Gasteiger partial charge in [0.1, 0.15) is 0 Å². The first-order valence-corrected chi connectivity index (χ1v) is 8.37. The number of hydrazone groups is 1. The van der Waals surface area contributed by atoms with Crippen molar-refractivity contribution in [1.82, 2.24) is 4.83 Å². The maximum absolute atomic E-state index is 12.1. The zero-order valence-electron chi connectivity index (χ0n) is 13.4. The predicted octanol–water partition coefficient (Wildman–Crippen LogP) is 1.92. The molecular formula is C15H15N3O6S. The molecule has 25 heavy (non-hydrogen) atoms. The van der Waals surface area contributed by atoms with Gasteiger partial charge in [0.15, 0.2) is 11.5 Å². The third-order valence-electron chi connectivity index (χ3n) is 3.13. The third kappa shape index (κ3) is 4.44. The Bertz CT molecular complexity index is 911. The van der Waals surface area contributed by atoms with Gasteiger partial charge in [0, 0.05) is 12.1 Å². The van der Waals surface area contributed by atoms with Crippen molar-refractivity contribution in [2.45, 2.75) is 4.90 Å². The number of benzene rings is 2. The largest absolute Gasteiger partial charge is 0.493 e. The molecule has 0 fully saturated rings. The maximum atomic E-state index is 12.1. The summed E-state index contributed by atoms with van der Waals surface area (Å²) in [7, 11) is -1.05. The lowest BCUT2D eigenvalue weighted by molar-refractivity contribution is -0.385. The van der Waals surface area contributed by atoms with Crippen LogP contribution in [0.25, 0.3) is 0 Å². The van der Waals surface area contributed by atoms with Crippen molar-refractivity contribution < 1.29 is 22.8 Å². The van der Waals surface area contributed by atoms with Gasteiger partial charge in [-0.05, 0) is 29.8 Å². The average molecular weight is 365 g/mol. The normalized spacial score (nSPS) is 11.3. The molecule has 132 valence electrons. The van der Waals surface area contributed by atoms with Crippen LogP contribution < -0.4 is 14.3 Å². The zero-order valence-corrected chi connectivity index (χ0v) is 14.2. The van der Waals surface area contributed by atoms with Crippen molar-refractivity contribution in [3.63, 3.8) is 0 Å². The highest BCUT2D eigenvalue weighted by Gasteiger charge is 2.16. The van der Waals surface area contributed by atoms with E-state index in [1.54, 1.807) is 18.2 Å². The van der Waals surface area contributed by atoms with Crippen LogP contribution in [-0.2, 0) is 10.0 Å². The van der Waals surface area contributed by atoms with Crippen LogP contribution in [0, 0.1) is 10.1 Å². The first kappa shape index (κ1) is 18.2. The van der Waals surface area contributed by atoms with Gasteiger partial charge >= 0.3 is 0 Å². The standard InChI is InChI=1S/C15H15N3O6S/c1-23-14-7-6-11(8-15(14)24-2)10-16-17-25(21,22)13-5-3-4-12(9-13)18(19)20/h3-10,17H,1-2H3/b16-10+. The van der Waals surface area contributed by atoms with Gasteiger partial charge < -0.3 is 9.47 Å². The fraction of sp³-hybridized carbons (Fsp3) is 0.133. The Labute approximate surface area is 144 Å². The van der Waals surface area contributed by atoms with Crippen LogP contribution in [0.1, 0.15) is 5.56 Å². The van der Waals surface area contributed by atoms with Gasteiger partial charge in [-0.2, -0.15) is 13.5 Å². The molecule has 0 heterocycles. The summed E-state index contributed by atoms with van der Waals surface area (Å²) in [6.45, 7) is 0. The van der Waals surface area contributed by atoms with Gasteiger partial charge in [-0.1, -0.05) is 6.07 Å². The van der Waals surface area contributed by atoms with Crippen LogP contribution in [-0.4, -0.2) is 33.8 Å². The van der Waals surface area contributed by atoms with Gasteiger partial charge in [-0.25, -0.2) is 4.83 Å². The highest BCUT2D eigenvalue weighted by Crippen LogP contribution is 2.26. The fourth-order valence-corrected chi connectivity index (χ4v) is 2.75. The zero-order chi connectivity index (χ0) is 18.4. The van der Waals surface area contributed by atoms with Crippen molar-refractivity contribution in [3.8, 4) is 11.5 Å². The number of hydrogen-bond acceptors (Lipinski definition) is 7. The lowest BCUT2D eigenvalue weighted by Gasteiger charge is -2.07. The molecule has 1 N–H and O–H groups in total. The molecule has 2 rings (SSSR count). The molecule has 0 aliphatic carbocycles. The summed E-state index contributed by atoms with van der Waals surface area (Å²) >= 11 is 0. The topological polar surface area (TPSA) is 120 Å². The van der Waals surface area contributed by atoms with Gasteiger partial charge in [-0.3, -0.25) is 10.1 Å². The molecule has 0 unspecified atom stereocenters. The Kier molecular flexibility index (Phi) is 5.55. The Hall–Kier alpha value is -3.14. The number of nitro benzene ring substituents is 1. The molecule has 0 atom stereocenters. The highest BCUT2D eigenvalue weighted by molar-refractivity contribution is 7.89. The minimum absolute atomic E-state index is 0.258. The molecule has 0 spiro atoms. The van der Waals surface area contributed by atoms with Gasteiger partial charge in [0.05, 0.1) is 30.3 Å². The van der Waals surface area contributed by atoms with E-state index < -0.39 is 14.9 Å². The predicted molar refractivity (Wildman–Crippen MR) is 90.6 cm³/mol. The maximum Gasteiger partial charge on any atom is 0.276 e. The molecule has 2 aromatic rings. The highest BCUT2D eigenvalue weighted by atomic mass is 32.2. The summed E-state index contributed by atoms with van der Waals surface area (Å²) in [5.41, 5.74) is 0.242. The SMILES string of the molecule is COc1ccc(/C=N/NS(=O)(=O)c2cccc([N+](=O)[O-])c2)cc1OC. The molecule has 0 amide bonds. The molecule has 0 aliphatic heterocycles. The van der Waals surface area contributed by atoms with Gasteiger partial charge in [0.25, 0.3) is 15.7 Å². The molecule has 0 aliphatic rings. The van der Waals surface area contributed by atoms with E-state index in [9.17, 15) is 18.5 Å². The molecule has 9 nitrogen and oxygen atoms in total. The number of non-ortho nitro benzene ring substituents is 1. The van der Waals surface area contributed by atoms with Crippen molar-refractivity contribution >= 4 is 21.9 Å². The molecule has 10 heteroatoms. The quantitative estimate of drug-likeness (QED) is 0.455. The molecule has 0 bridgehead atoms. The number of rotatable bonds is 7. The first-order chi connectivity index (χ1) is 11.9. The minimum Gasteiger partial charge on any atom is -0.493 e. The second-order valence-corrected chi connectivity index (χ2v) is 6.38. The van der Waals surface area contributed by atoms with Gasteiger partial charge in [-0.15, -0.1) is 0 Å². The summed E-state index contributed by atoms with van der Waals surface area (Å²) in [4.78, 5) is 11.8. The number of ether oxygens (including phenoxy) is 2. The Morgan fingerprint density at radius 3 is 2.48 bits per heavy atom. The molecule has 0 radical (unpaired) electrons. The number of nitrogens with zero attached hydrogens (tertiary/aromatic N) is 2. The summed E-state index contributed by atoms with van der Waals surface area (Å²) in [6, 6.07) is 9.60. The number of hydrogen-bond donors (Lipinski definition) is 1. The monoisotopic (exact) mass is 365 g/mol. The van der Waals surface area contributed by atoms with Crippen molar-refractivity contribution in [2.24, 2.45) is 5.10 Å². The van der Waals surface area contributed by atoms with Crippen LogP contribution >= 0.6 is 0 Å². The van der Waals surface area contributed by atoms with Crippen molar-refractivity contribution in [2.75, 3.05) is 14.2 Å². The van der Waals surface area contributed by atoms with Crippen molar-refractivity contribution in [1.29, 1.82) is 0 Å². The van der Waals surface area contributed by atoms with Crippen LogP contribution in [0.2, 0.25) is 0 Å². The second-order valence-electron chi connectivity index (χ2n) is 4.72. The van der Waals surface area contributed by atoms with E-state index in [1.807, 2.05) is 4.83 Å². The van der Waals surface area contributed by atoms with E-state index in [0.29, 0.717) is 17.1 Å². The summed E-state index contributed by atoms with van der Waals surface area (Å²) < 4.78 is 34.5.